The molecule has 0 radical (unpaired) electrons. The van der Waals surface area contributed by atoms with Crippen LogP contribution < -0.4 is 0 Å². The van der Waals surface area contributed by atoms with E-state index in [2.05, 4.69) is 4.74 Å². The third kappa shape index (κ3) is 1.85. The molecular weight excluding hydrogens is 318 g/mol. The molecule has 1 aliphatic heterocycles. The predicted octanol–water partition coefficient (Wildman–Crippen LogP) is 1.31. The lowest BCUT2D eigenvalue weighted by Gasteiger charge is -2.16. The molecule has 9 nitrogen and oxygen atoms in total. The molecule has 0 aliphatic carbocycles. The molecular formula is C12H5NO8S. The Morgan fingerprint density at radius 1 is 1.00 bits per heavy atom. The molecule has 0 fully saturated rings. The Hall–Kier alpha value is -2.85. The van der Waals surface area contributed by atoms with Crippen molar-refractivity contribution in [1.82, 2.24) is 0 Å². The van der Waals surface area contributed by atoms with Crippen molar-refractivity contribution >= 4 is 38.5 Å². The van der Waals surface area contributed by atoms with Crippen LogP contribution in [-0.4, -0.2) is 29.8 Å². The monoisotopic (exact) mass is 323 g/mol. The van der Waals surface area contributed by atoms with Crippen LogP contribution in [0, 0.1) is 10.1 Å². The quantitative estimate of drug-likeness (QED) is 0.286. The molecule has 0 unspecified atom stereocenters. The van der Waals surface area contributed by atoms with Crippen LogP contribution >= 0.6 is 0 Å². The fraction of sp³-hybridized carbons (Fsp3) is 0. The van der Waals surface area contributed by atoms with Crippen LogP contribution in [0.5, 0.6) is 0 Å². The maximum atomic E-state index is 11.7. The van der Waals surface area contributed by atoms with E-state index < -0.39 is 42.9 Å². The molecule has 22 heavy (non-hydrogen) atoms. The summed E-state index contributed by atoms with van der Waals surface area (Å²) >= 11 is 0. The zero-order chi connectivity index (χ0) is 16.2. The molecule has 0 spiro atoms. The number of carbonyl (C=O) groups is 2. The Kier molecular flexibility index (Phi) is 2.77. The highest BCUT2D eigenvalue weighted by molar-refractivity contribution is 7.86. The van der Waals surface area contributed by atoms with Crippen molar-refractivity contribution in [2.24, 2.45) is 0 Å². The largest absolute Gasteiger partial charge is 0.386 e. The maximum absolute atomic E-state index is 11.7. The molecule has 1 N–H and O–H groups in total. The number of benzene rings is 2. The van der Waals surface area contributed by atoms with Crippen LogP contribution in [0.4, 0.5) is 5.69 Å². The number of nitro groups is 1. The van der Waals surface area contributed by atoms with Gasteiger partial charge in [0.2, 0.25) is 0 Å². The average molecular weight is 323 g/mol. The first-order valence-corrected chi connectivity index (χ1v) is 7.14. The van der Waals surface area contributed by atoms with Gasteiger partial charge in [-0.1, -0.05) is 0 Å². The average Bonchev–Trinajstić information content (AvgIpc) is 2.42. The maximum Gasteiger partial charge on any atom is 0.346 e. The van der Waals surface area contributed by atoms with Crippen molar-refractivity contribution in [2.45, 2.75) is 4.90 Å². The van der Waals surface area contributed by atoms with E-state index in [0.29, 0.717) is 0 Å². The molecule has 0 aromatic heterocycles. The smallest absolute Gasteiger partial charge is 0.346 e. The lowest BCUT2D eigenvalue weighted by Crippen LogP contribution is -2.20. The number of cyclic esters (lactones) is 2. The predicted molar refractivity (Wildman–Crippen MR) is 70.2 cm³/mol. The fourth-order valence-electron chi connectivity index (χ4n) is 2.35. The van der Waals surface area contributed by atoms with Gasteiger partial charge in [0.25, 0.3) is 15.8 Å². The molecule has 1 heterocycles. The SMILES string of the molecule is O=C1OC(=O)c2ccc(S(=O)(=O)O)c3c([N+](=O)[O-])ccc1c23. The summed E-state index contributed by atoms with van der Waals surface area (Å²) in [7, 11) is -4.81. The molecule has 0 bridgehead atoms. The Morgan fingerprint density at radius 2 is 1.55 bits per heavy atom. The van der Waals surface area contributed by atoms with Gasteiger partial charge in [-0.15, -0.1) is 0 Å². The van der Waals surface area contributed by atoms with E-state index in [1.807, 2.05) is 0 Å². The van der Waals surface area contributed by atoms with E-state index in [9.17, 15) is 32.7 Å². The number of hydrogen-bond acceptors (Lipinski definition) is 7. The molecule has 2 aromatic carbocycles. The highest BCUT2D eigenvalue weighted by Gasteiger charge is 2.33. The number of ether oxygens (including phenoxy) is 1. The Bertz CT molecular complexity index is 972. The zero-order valence-electron chi connectivity index (χ0n) is 10.5. The van der Waals surface area contributed by atoms with Crippen molar-refractivity contribution in [2.75, 3.05) is 0 Å². The summed E-state index contributed by atoms with van der Waals surface area (Å²) in [6, 6.07) is 3.84. The van der Waals surface area contributed by atoms with E-state index in [4.69, 9.17) is 0 Å². The molecule has 112 valence electrons. The number of esters is 2. The first-order valence-electron chi connectivity index (χ1n) is 5.70. The Morgan fingerprint density at radius 3 is 2.05 bits per heavy atom. The topological polar surface area (TPSA) is 141 Å². The second kappa shape index (κ2) is 4.32. The van der Waals surface area contributed by atoms with Gasteiger partial charge in [-0.25, -0.2) is 9.59 Å². The van der Waals surface area contributed by atoms with Gasteiger partial charge in [0.15, 0.2) is 0 Å². The third-order valence-corrected chi connectivity index (χ3v) is 4.10. The summed E-state index contributed by atoms with van der Waals surface area (Å²) in [6.07, 6.45) is 0. The van der Waals surface area contributed by atoms with E-state index in [-0.39, 0.29) is 16.5 Å². The number of carbonyl (C=O) groups excluding carboxylic acids is 2. The summed E-state index contributed by atoms with van der Waals surface area (Å²) in [5, 5.41) is 10.4. The van der Waals surface area contributed by atoms with E-state index in [1.54, 1.807) is 0 Å². The number of nitro benzene ring substituents is 1. The Labute approximate surface area is 122 Å². The zero-order valence-corrected chi connectivity index (χ0v) is 11.3. The van der Waals surface area contributed by atoms with Crippen molar-refractivity contribution in [3.8, 4) is 0 Å². The lowest BCUT2D eigenvalue weighted by molar-refractivity contribution is -0.383. The van der Waals surface area contributed by atoms with Crippen LogP contribution in [-0.2, 0) is 14.9 Å². The molecule has 2 aromatic rings. The van der Waals surface area contributed by atoms with Gasteiger partial charge in [0.05, 0.1) is 21.4 Å². The summed E-state index contributed by atoms with van der Waals surface area (Å²) in [5.74, 6) is -2.10. The summed E-state index contributed by atoms with van der Waals surface area (Å²) in [6.45, 7) is 0. The molecule has 0 atom stereocenters. The molecule has 10 heteroatoms. The highest BCUT2D eigenvalue weighted by atomic mass is 32.2. The Balaban J connectivity index is 2.65. The fourth-order valence-corrected chi connectivity index (χ4v) is 3.05. The van der Waals surface area contributed by atoms with Gasteiger partial charge in [-0.05, 0) is 18.2 Å². The van der Waals surface area contributed by atoms with E-state index in [0.717, 1.165) is 24.3 Å². The van der Waals surface area contributed by atoms with Crippen molar-refractivity contribution in [3.63, 3.8) is 0 Å². The summed E-state index contributed by atoms with van der Waals surface area (Å²) < 4.78 is 36.6. The van der Waals surface area contributed by atoms with Gasteiger partial charge in [-0.2, -0.15) is 8.42 Å². The third-order valence-electron chi connectivity index (χ3n) is 3.20. The first-order chi connectivity index (χ1) is 10.2. The number of non-ortho nitro benzene ring substituents is 1. The number of nitrogens with zero attached hydrogens (tertiary/aromatic N) is 1. The molecule has 0 amide bonds. The number of hydrogen-bond donors (Lipinski definition) is 1. The molecule has 3 rings (SSSR count). The number of rotatable bonds is 2. The minimum atomic E-state index is -4.81. The minimum absolute atomic E-state index is 0.194. The van der Waals surface area contributed by atoms with Gasteiger partial charge in [-0.3, -0.25) is 14.7 Å². The molecule has 0 saturated carbocycles. The highest BCUT2D eigenvalue weighted by Crippen LogP contribution is 2.38. The normalized spacial score (nSPS) is 14.0. The molecule has 0 saturated heterocycles. The van der Waals surface area contributed by atoms with Gasteiger partial charge in [0, 0.05) is 11.5 Å². The second-order valence-electron chi connectivity index (χ2n) is 4.40. The lowest BCUT2D eigenvalue weighted by atomic mass is 9.96. The van der Waals surface area contributed by atoms with Crippen molar-refractivity contribution in [3.05, 3.63) is 45.5 Å². The van der Waals surface area contributed by atoms with Crippen molar-refractivity contribution in [1.29, 1.82) is 0 Å². The van der Waals surface area contributed by atoms with Crippen LogP contribution in [0.3, 0.4) is 0 Å². The van der Waals surface area contributed by atoms with Crippen LogP contribution in [0.25, 0.3) is 10.8 Å². The first kappa shape index (κ1) is 14.1. The van der Waals surface area contributed by atoms with E-state index >= 15 is 0 Å². The van der Waals surface area contributed by atoms with Gasteiger partial charge >= 0.3 is 11.9 Å². The summed E-state index contributed by atoms with van der Waals surface area (Å²) in [5.41, 5.74) is -1.04. The van der Waals surface area contributed by atoms with Crippen molar-refractivity contribution < 1.29 is 32.2 Å². The standard InChI is InChI=1S/C12H5NO8S/c14-11-5-1-3-7(13(16)17)10-8(22(18,19)20)4-2-6(9(5)10)12(15)21-11/h1-4H,(H,18,19,20). The van der Waals surface area contributed by atoms with Gasteiger partial charge in [0.1, 0.15) is 4.90 Å². The summed E-state index contributed by atoms with van der Waals surface area (Å²) in [4.78, 5) is 32.9. The van der Waals surface area contributed by atoms with Crippen LogP contribution in [0.1, 0.15) is 20.7 Å². The molecule has 1 aliphatic rings. The minimum Gasteiger partial charge on any atom is -0.386 e. The van der Waals surface area contributed by atoms with Crippen LogP contribution in [0.15, 0.2) is 29.2 Å². The van der Waals surface area contributed by atoms with Crippen LogP contribution in [0.2, 0.25) is 0 Å². The van der Waals surface area contributed by atoms with Gasteiger partial charge < -0.3 is 4.74 Å². The second-order valence-corrected chi connectivity index (χ2v) is 5.79. The van der Waals surface area contributed by atoms with E-state index in [1.165, 1.54) is 0 Å².